The van der Waals surface area contributed by atoms with Gasteiger partial charge in [-0.25, -0.2) is 4.79 Å². The molecule has 0 spiro atoms. The zero-order valence-electron chi connectivity index (χ0n) is 17.4. The third-order valence-electron chi connectivity index (χ3n) is 5.36. The molecule has 3 aromatic rings. The van der Waals surface area contributed by atoms with Gasteiger partial charge in [0.2, 0.25) is 0 Å². The molecular weight excluding hydrogens is 432 g/mol. The maximum absolute atomic E-state index is 13.3. The zero-order valence-corrected chi connectivity index (χ0v) is 18.9. The standard InChI is InChI=1S/C24H21ClN2O3S/c1-13-21(15(3)28)23(19-12-31-20-5-4-17(25)10-18(19)20)22(14(2)27-13)24(29)30-11-16-6-8-26-9-7-16/h4-10,12,23,27H,11H2,1-3H3. The second-order valence-corrected chi connectivity index (χ2v) is 8.80. The predicted molar refractivity (Wildman–Crippen MR) is 123 cm³/mol. The van der Waals surface area contributed by atoms with E-state index in [2.05, 4.69) is 10.3 Å². The van der Waals surface area contributed by atoms with Crippen molar-refractivity contribution in [1.29, 1.82) is 0 Å². The maximum Gasteiger partial charge on any atom is 0.337 e. The number of ketones is 1. The van der Waals surface area contributed by atoms with Crippen LogP contribution in [-0.2, 0) is 20.9 Å². The number of carbonyl (C=O) groups excluding carboxylic acids is 2. The number of hydrogen-bond acceptors (Lipinski definition) is 6. The molecule has 0 amide bonds. The lowest BCUT2D eigenvalue weighted by atomic mass is 9.79. The van der Waals surface area contributed by atoms with Gasteiger partial charge in [-0.1, -0.05) is 11.6 Å². The van der Waals surface area contributed by atoms with Crippen LogP contribution in [0, 0.1) is 0 Å². The average Bonchev–Trinajstić information content (AvgIpc) is 3.14. The first-order valence-corrected chi connectivity index (χ1v) is 11.0. The minimum absolute atomic E-state index is 0.0942. The number of halogens is 1. The predicted octanol–water partition coefficient (Wildman–Crippen LogP) is 5.52. The average molecular weight is 453 g/mol. The number of aromatic nitrogens is 1. The second kappa shape index (κ2) is 8.65. The Labute approximate surface area is 189 Å². The summed E-state index contributed by atoms with van der Waals surface area (Å²) in [4.78, 5) is 29.9. The van der Waals surface area contributed by atoms with Gasteiger partial charge in [0, 0.05) is 45.0 Å². The normalized spacial score (nSPS) is 16.5. The molecule has 0 saturated carbocycles. The zero-order chi connectivity index (χ0) is 22.1. The fourth-order valence-electron chi connectivity index (χ4n) is 3.99. The van der Waals surface area contributed by atoms with Crippen LogP contribution in [-0.4, -0.2) is 16.7 Å². The number of dihydropyridines is 1. The van der Waals surface area contributed by atoms with E-state index >= 15 is 0 Å². The quantitative estimate of drug-likeness (QED) is 0.516. The summed E-state index contributed by atoms with van der Waals surface area (Å²) >= 11 is 7.83. The molecule has 2 aromatic heterocycles. The van der Waals surface area contributed by atoms with Crippen LogP contribution in [0.1, 0.15) is 37.8 Å². The topological polar surface area (TPSA) is 68.3 Å². The molecule has 5 nitrogen and oxygen atoms in total. The van der Waals surface area contributed by atoms with E-state index < -0.39 is 11.9 Å². The van der Waals surface area contributed by atoms with Crippen molar-refractivity contribution in [3.8, 4) is 0 Å². The summed E-state index contributed by atoms with van der Waals surface area (Å²) in [6, 6.07) is 9.27. The van der Waals surface area contributed by atoms with Crippen LogP contribution in [0.5, 0.6) is 0 Å². The van der Waals surface area contributed by atoms with Crippen molar-refractivity contribution in [3.05, 3.63) is 86.8 Å². The Balaban J connectivity index is 1.79. The second-order valence-electron chi connectivity index (χ2n) is 7.45. The van der Waals surface area contributed by atoms with Crippen molar-refractivity contribution in [1.82, 2.24) is 10.3 Å². The Kier molecular flexibility index (Phi) is 5.94. The molecule has 1 atom stereocenters. The summed E-state index contributed by atoms with van der Waals surface area (Å²) in [5.74, 6) is -1.08. The highest BCUT2D eigenvalue weighted by molar-refractivity contribution is 7.17. The highest BCUT2D eigenvalue weighted by atomic mass is 35.5. The van der Waals surface area contributed by atoms with E-state index in [0.29, 0.717) is 21.9 Å². The summed E-state index contributed by atoms with van der Waals surface area (Å²) in [7, 11) is 0. The summed E-state index contributed by atoms with van der Waals surface area (Å²) in [5, 5.41) is 6.73. The Morgan fingerprint density at radius 1 is 1.13 bits per heavy atom. The molecule has 0 fully saturated rings. The molecule has 1 aliphatic rings. The molecule has 1 aliphatic heterocycles. The van der Waals surface area contributed by atoms with E-state index in [0.717, 1.165) is 26.9 Å². The maximum atomic E-state index is 13.3. The third kappa shape index (κ3) is 4.13. The van der Waals surface area contributed by atoms with Crippen LogP contribution in [0.4, 0.5) is 0 Å². The smallest absolute Gasteiger partial charge is 0.337 e. The number of nitrogens with zero attached hydrogens (tertiary/aromatic N) is 1. The number of thiophene rings is 1. The number of nitrogens with one attached hydrogen (secondary N) is 1. The highest BCUT2D eigenvalue weighted by Crippen LogP contribution is 2.44. The molecule has 1 N–H and O–H groups in total. The number of esters is 1. The molecular formula is C24H21ClN2O3S. The van der Waals surface area contributed by atoms with Crippen molar-refractivity contribution < 1.29 is 14.3 Å². The molecule has 7 heteroatoms. The van der Waals surface area contributed by atoms with Crippen LogP contribution < -0.4 is 5.32 Å². The number of benzene rings is 1. The van der Waals surface area contributed by atoms with Gasteiger partial charge in [0.15, 0.2) is 5.78 Å². The minimum Gasteiger partial charge on any atom is -0.457 e. The largest absolute Gasteiger partial charge is 0.457 e. The number of allylic oxidation sites excluding steroid dienone is 3. The number of carbonyl (C=O) groups is 2. The first-order chi connectivity index (χ1) is 14.9. The number of hydrogen-bond donors (Lipinski definition) is 1. The van der Waals surface area contributed by atoms with Gasteiger partial charge in [-0.3, -0.25) is 9.78 Å². The molecule has 0 bridgehead atoms. The van der Waals surface area contributed by atoms with E-state index in [1.807, 2.05) is 37.4 Å². The Morgan fingerprint density at radius 2 is 1.84 bits per heavy atom. The third-order valence-corrected chi connectivity index (χ3v) is 6.57. The summed E-state index contributed by atoms with van der Waals surface area (Å²) in [6.45, 7) is 5.33. The molecule has 1 aromatic carbocycles. The van der Waals surface area contributed by atoms with Crippen molar-refractivity contribution in [2.75, 3.05) is 0 Å². The van der Waals surface area contributed by atoms with E-state index in [1.165, 1.54) is 6.92 Å². The highest BCUT2D eigenvalue weighted by Gasteiger charge is 2.37. The molecule has 31 heavy (non-hydrogen) atoms. The Bertz CT molecular complexity index is 1240. The summed E-state index contributed by atoms with van der Waals surface area (Å²) < 4.78 is 6.69. The molecule has 0 saturated heterocycles. The molecule has 3 heterocycles. The molecule has 158 valence electrons. The summed E-state index contributed by atoms with van der Waals surface area (Å²) in [6.07, 6.45) is 3.31. The minimum atomic E-state index is -0.532. The van der Waals surface area contributed by atoms with Crippen LogP contribution in [0.3, 0.4) is 0 Å². The number of ether oxygens (including phenoxy) is 1. The SMILES string of the molecule is CC(=O)C1=C(C)NC(C)=C(C(=O)OCc2ccncc2)C1c1csc2ccc(Cl)cc12. The van der Waals surface area contributed by atoms with Gasteiger partial charge in [-0.15, -0.1) is 11.3 Å². The lowest BCUT2D eigenvalue weighted by molar-refractivity contribution is -0.140. The molecule has 4 rings (SSSR count). The van der Waals surface area contributed by atoms with Gasteiger partial charge in [0.1, 0.15) is 6.61 Å². The Hall–Kier alpha value is -2.96. The van der Waals surface area contributed by atoms with E-state index in [1.54, 1.807) is 35.9 Å². The first-order valence-electron chi connectivity index (χ1n) is 9.79. The van der Waals surface area contributed by atoms with Gasteiger partial charge in [0.25, 0.3) is 0 Å². The van der Waals surface area contributed by atoms with Gasteiger partial charge in [-0.05, 0) is 73.0 Å². The van der Waals surface area contributed by atoms with Crippen LogP contribution >= 0.6 is 22.9 Å². The van der Waals surface area contributed by atoms with E-state index in [-0.39, 0.29) is 12.4 Å². The van der Waals surface area contributed by atoms with Crippen molar-refractivity contribution in [2.45, 2.75) is 33.3 Å². The van der Waals surface area contributed by atoms with Gasteiger partial charge in [0.05, 0.1) is 5.57 Å². The number of fused-ring (bicyclic) bond motifs is 1. The van der Waals surface area contributed by atoms with Gasteiger partial charge >= 0.3 is 5.97 Å². The lowest BCUT2D eigenvalue weighted by Gasteiger charge is -2.30. The molecule has 1 unspecified atom stereocenters. The van der Waals surface area contributed by atoms with Gasteiger partial charge < -0.3 is 10.1 Å². The van der Waals surface area contributed by atoms with Crippen LogP contribution in [0.2, 0.25) is 5.02 Å². The number of Topliss-reactive ketones (excluding diaryl/α,β-unsaturated/α-hetero) is 1. The summed E-state index contributed by atoms with van der Waals surface area (Å²) in [5.41, 5.74) is 4.12. The number of pyridine rings is 1. The van der Waals surface area contributed by atoms with Crippen molar-refractivity contribution in [2.24, 2.45) is 0 Å². The van der Waals surface area contributed by atoms with Crippen molar-refractivity contribution >= 4 is 44.8 Å². The van der Waals surface area contributed by atoms with Gasteiger partial charge in [-0.2, -0.15) is 0 Å². The molecule has 0 aliphatic carbocycles. The van der Waals surface area contributed by atoms with Crippen LogP contribution in [0.15, 0.2) is 70.6 Å². The monoisotopic (exact) mass is 452 g/mol. The fraction of sp³-hybridized carbons (Fsp3) is 0.208. The first kappa shape index (κ1) is 21.3. The van der Waals surface area contributed by atoms with E-state index in [4.69, 9.17) is 16.3 Å². The number of rotatable bonds is 5. The lowest BCUT2D eigenvalue weighted by Crippen LogP contribution is -2.31. The molecule has 0 radical (unpaired) electrons. The van der Waals surface area contributed by atoms with Crippen molar-refractivity contribution in [3.63, 3.8) is 0 Å². The van der Waals surface area contributed by atoms with Crippen LogP contribution in [0.25, 0.3) is 10.1 Å². The Morgan fingerprint density at radius 3 is 2.55 bits per heavy atom. The fourth-order valence-corrected chi connectivity index (χ4v) is 5.13. The van der Waals surface area contributed by atoms with E-state index in [9.17, 15) is 9.59 Å².